The first-order valence-corrected chi connectivity index (χ1v) is 14.3. The van der Waals surface area contributed by atoms with Crippen LogP contribution in [0.5, 0.6) is 11.5 Å². The third-order valence-corrected chi connectivity index (χ3v) is 7.52. The maximum Gasteiger partial charge on any atom is 0.281 e. The number of ether oxygens (including phenoxy) is 2. The number of carbonyl (C=O) groups is 2. The summed E-state index contributed by atoms with van der Waals surface area (Å²) in [5.74, 6) is 0.431. The molecular formula is C35H35N3O5. The number of hydrazone groups is 1. The van der Waals surface area contributed by atoms with Crippen molar-refractivity contribution in [1.29, 1.82) is 0 Å². The Kier molecular flexibility index (Phi) is 9.49. The second-order valence-corrected chi connectivity index (χ2v) is 10.4. The highest BCUT2D eigenvalue weighted by molar-refractivity contribution is 5.94. The topological polar surface area (TPSA) is 100 Å². The second kappa shape index (κ2) is 13.8. The molecule has 4 aromatic rings. The van der Waals surface area contributed by atoms with Gasteiger partial charge in [-0.25, -0.2) is 5.43 Å². The lowest BCUT2D eigenvalue weighted by Crippen LogP contribution is -2.43. The molecule has 0 bridgehead atoms. The summed E-state index contributed by atoms with van der Waals surface area (Å²) >= 11 is 0. The number of rotatable bonds is 10. The normalized spacial score (nSPS) is 13.5. The number of likely N-dealkylation sites (tertiary alicyclic amines) is 1. The molecule has 0 radical (unpaired) electrons. The Morgan fingerprint density at radius 2 is 1.49 bits per heavy atom. The molecule has 1 heterocycles. The van der Waals surface area contributed by atoms with Crippen LogP contribution in [0.2, 0.25) is 0 Å². The van der Waals surface area contributed by atoms with Crippen LogP contribution in [0.1, 0.15) is 51.9 Å². The number of amides is 2. The summed E-state index contributed by atoms with van der Waals surface area (Å²) in [6, 6.07) is 30.3. The molecule has 1 fully saturated rings. The predicted octanol–water partition coefficient (Wildman–Crippen LogP) is 5.29. The van der Waals surface area contributed by atoms with Crippen LogP contribution in [-0.2, 0) is 17.0 Å². The Hall–Kier alpha value is -4.95. The number of nitrogens with zero attached hydrogens (tertiary/aromatic N) is 2. The maximum atomic E-state index is 13.3. The summed E-state index contributed by atoms with van der Waals surface area (Å²) < 4.78 is 11.5. The SMILES string of the molecule is COc1cc(/C=N\NC(=O)C(O)(c2ccccc2)c2ccccc2)ccc1OCc1ccc(C(=O)N2CCCCC2)cc1. The van der Waals surface area contributed by atoms with Gasteiger partial charge in [0.15, 0.2) is 17.1 Å². The lowest BCUT2D eigenvalue weighted by Gasteiger charge is -2.27. The molecule has 2 amide bonds. The summed E-state index contributed by atoms with van der Waals surface area (Å²) in [6.07, 6.45) is 4.77. The zero-order valence-electron chi connectivity index (χ0n) is 24.1. The summed E-state index contributed by atoms with van der Waals surface area (Å²) in [4.78, 5) is 27.9. The van der Waals surface area contributed by atoms with Crippen LogP contribution in [-0.4, -0.2) is 48.2 Å². The zero-order valence-corrected chi connectivity index (χ0v) is 24.1. The summed E-state index contributed by atoms with van der Waals surface area (Å²) in [5, 5.41) is 15.7. The van der Waals surface area contributed by atoms with E-state index in [1.165, 1.54) is 12.6 Å². The first-order valence-electron chi connectivity index (χ1n) is 14.3. The van der Waals surface area contributed by atoms with Crippen molar-refractivity contribution in [2.45, 2.75) is 31.5 Å². The van der Waals surface area contributed by atoms with E-state index < -0.39 is 11.5 Å². The Balaban J connectivity index is 1.22. The van der Waals surface area contributed by atoms with Crippen molar-refractivity contribution in [1.82, 2.24) is 10.3 Å². The highest BCUT2D eigenvalue weighted by atomic mass is 16.5. The standard InChI is InChI=1S/C35H35N3O5/c1-42-32-23-27(24-36-37-34(40)35(41,29-11-5-2-6-12-29)30-13-7-3-8-14-30)17-20-31(32)43-25-26-15-18-28(19-16-26)33(39)38-21-9-4-10-22-38/h2-3,5-8,11-20,23-24,41H,4,9-10,21-22,25H2,1H3,(H,37,40)/b36-24-. The van der Waals surface area contributed by atoms with Crippen LogP contribution in [0.3, 0.4) is 0 Å². The van der Waals surface area contributed by atoms with E-state index in [0.717, 1.165) is 31.5 Å². The predicted molar refractivity (Wildman–Crippen MR) is 165 cm³/mol. The Bertz CT molecular complexity index is 1510. The van der Waals surface area contributed by atoms with Gasteiger partial charge in [-0.3, -0.25) is 9.59 Å². The molecule has 4 aromatic carbocycles. The summed E-state index contributed by atoms with van der Waals surface area (Å²) in [7, 11) is 1.55. The molecule has 43 heavy (non-hydrogen) atoms. The first-order chi connectivity index (χ1) is 21.0. The molecule has 0 aliphatic carbocycles. The molecule has 0 saturated carbocycles. The van der Waals surface area contributed by atoms with Crippen LogP contribution in [0.4, 0.5) is 0 Å². The third-order valence-electron chi connectivity index (χ3n) is 7.52. The van der Waals surface area contributed by atoms with Crippen LogP contribution in [0, 0.1) is 0 Å². The Labute approximate surface area is 251 Å². The minimum atomic E-state index is -1.92. The number of methoxy groups -OCH3 is 1. The van der Waals surface area contributed by atoms with E-state index in [1.807, 2.05) is 41.3 Å². The molecule has 5 rings (SSSR count). The fraction of sp³-hybridized carbons (Fsp3) is 0.229. The third kappa shape index (κ3) is 6.93. The molecule has 220 valence electrons. The molecule has 0 spiro atoms. The lowest BCUT2D eigenvalue weighted by molar-refractivity contribution is -0.136. The van der Waals surface area contributed by atoms with Crippen LogP contribution in [0.25, 0.3) is 0 Å². The van der Waals surface area contributed by atoms with E-state index in [9.17, 15) is 14.7 Å². The van der Waals surface area contributed by atoms with Gasteiger partial charge in [-0.1, -0.05) is 72.8 Å². The van der Waals surface area contributed by atoms with E-state index in [1.54, 1.807) is 73.8 Å². The fourth-order valence-corrected chi connectivity index (χ4v) is 5.10. The number of piperidine rings is 1. The number of hydrogen-bond acceptors (Lipinski definition) is 6. The van der Waals surface area contributed by atoms with Gasteiger partial charge in [0, 0.05) is 18.7 Å². The largest absolute Gasteiger partial charge is 0.493 e. The Morgan fingerprint density at radius 3 is 2.09 bits per heavy atom. The average Bonchev–Trinajstić information content (AvgIpc) is 3.08. The van der Waals surface area contributed by atoms with Gasteiger partial charge in [-0.2, -0.15) is 5.10 Å². The van der Waals surface area contributed by atoms with E-state index in [0.29, 0.717) is 40.4 Å². The van der Waals surface area contributed by atoms with Gasteiger partial charge < -0.3 is 19.5 Å². The number of carbonyl (C=O) groups excluding carboxylic acids is 2. The van der Waals surface area contributed by atoms with Gasteiger partial charge in [-0.15, -0.1) is 0 Å². The van der Waals surface area contributed by atoms with Gasteiger partial charge in [0.25, 0.3) is 11.8 Å². The molecule has 2 N–H and O–H groups in total. The van der Waals surface area contributed by atoms with Gasteiger partial charge in [0.1, 0.15) is 6.61 Å². The molecule has 8 nitrogen and oxygen atoms in total. The van der Waals surface area contributed by atoms with Crippen molar-refractivity contribution in [2.24, 2.45) is 5.10 Å². The van der Waals surface area contributed by atoms with Crippen molar-refractivity contribution in [3.05, 3.63) is 131 Å². The highest BCUT2D eigenvalue weighted by Gasteiger charge is 2.39. The molecule has 0 unspecified atom stereocenters. The van der Waals surface area contributed by atoms with E-state index in [-0.39, 0.29) is 5.91 Å². The zero-order chi connectivity index (χ0) is 30.1. The van der Waals surface area contributed by atoms with Crippen molar-refractivity contribution in [3.8, 4) is 11.5 Å². The number of hydrogen-bond donors (Lipinski definition) is 2. The molecule has 8 heteroatoms. The van der Waals surface area contributed by atoms with Gasteiger partial charge in [0.05, 0.1) is 13.3 Å². The smallest absolute Gasteiger partial charge is 0.281 e. The quantitative estimate of drug-likeness (QED) is 0.197. The summed E-state index contributed by atoms with van der Waals surface area (Å²) in [6.45, 7) is 1.94. The highest BCUT2D eigenvalue weighted by Crippen LogP contribution is 2.30. The first kappa shape index (κ1) is 29.5. The molecule has 0 atom stereocenters. The van der Waals surface area contributed by atoms with E-state index in [2.05, 4.69) is 10.5 Å². The van der Waals surface area contributed by atoms with Crippen molar-refractivity contribution >= 4 is 18.0 Å². The van der Waals surface area contributed by atoms with E-state index >= 15 is 0 Å². The van der Waals surface area contributed by atoms with Crippen molar-refractivity contribution < 1.29 is 24.2 Å². The second-order valence-electron chi connectivity index (χ2n) is 10.4. The van der Waals surface area contributed by atoms with Crippen LogP contribution in [0.15, 0.2) is 108 Å². The minimum Gasteiger partial charge on any atom is -0.493 e. The average molecular weight is 578 g/mol. The monoisotopic (exact) mass is 577 g/mol. The lowest BCUT2D eigenvalue weighted by atomic mass is 9.85. The minimum absolute atomic E-state index is 0.0760. The summed E-state index contributed by atoms with van der Waals surface area (Å²) in [5.41, 5.74) is 3.69. The van der Waals surface area contributed by atoms with E-state index in [4.69, 9.17) is 9.47 Å². The Morgan fingerprint density at radius 1 is 0.860 bits per heavy atom. The maximum absolute atomic E-state index is 13.3. The van der Waals surface area contributed by atoms with Crippen molar-refractivity contribution in [3.63, 3.8) is 0 Å². The van der Waals surface area contributed by atoms with Gasteiger partial charge >= 0.3 is 0 Å². The van der Waals surface area contributed by atoms with Gasteiger partial charge in [-0.05, 0) is 71.8 Å². The van der Waals surface area contributed by atoms with Gasteiger partial charge in [0.2, 0.25) is 0 Å². The molecular weight excluding hydrogens is 542 g/mol. The number of benzene rings is 4. The molecule has 0 aromatic heterocycles. The number of aliphatic hydroxyl groups is 1. The molecule has 1 aliphatic rings. The van der Waals surface area contributed by atoms with Crippen LogP contribution < -0.4 is 14.9 Å². The van der Waals surface area contributed by atoms with Crippen molar-refractivity contribution in [2.75, 3.05) is 20.2 Å². The molecule has 1 aliphatic heterocycles. The molecule has 1 saturated heterocycles. The number of nitrogens with one attached hydrogen (secondary N) is 1. The fourth-order valence-electron chi connectivity index (χ4n) is 5.10. The van der Waals surface area contributed by atoms with Crippen LogP contribution >= 0.6 is 0 Å².